The van der Waals surface area contributed by atoms with Crippen LogP contribution in [0, 0.1) is 13.8 Å². The lowest BCUT2D eigenvalue weighted by molar-refractivity contribution is -0.115. The van der Waals surface area contributed by atoms with E-state index in [9.17, 15) is 9.59 Å². The Morgan fingerprint density at radius 1 is 1.18 bits per heavy atom. The van der Waals surface area contributed by atoms with Crippen molar-refractivity contribution >= 4 is 44.9 Å². The molecule has 7 heteroatoms. The summed E-state index contributed by atoms with van der Waals surface area (Å²) in [5.74, 6) is -0.131. The average molecular weight is 476 g/mol. The van der Waals surface area contributed by atoms with Crippen LogP contribution in [0.2, 0.25) is 0 Å². The number of aromatic nitrogens is 2. The molecular formula is C26H25N3O2S2. The van der Waals surface area contributed by atoms with Gasteiger partial charge in [0.05, 0.1) is 10.6 Å². The number of para-hydroxylation sites is 1. The van der Waals surface area contributed by atoms with Crippen LogP contribution in [-0.2, 0) is 11.3 Å². The molecule has 2 heterocycles. The zero-order chi connectivity index (χ0) is 23.5. The minimum Gasteiger partial charge on any atom is -0.325 e. The molecule has 4 rings (SSSR count). The fourth-order valence-electron chi connectivity index (χ4n) is 3.57. The largest absolute Gasteiger partial charge is 0.325 e. The van der Waals surface area contributed by atoms with Crippen molar-refractivity contribution in [3.63, 3.8) is 0 Å². The molecule has 5 nitrogen and oxygen atoms in total. The first kappa shape index (κ1) is 23.0. The van der Waals surface area contributed by atoms with Gasteiger partial charge in [-0.25, -0.2) is 4.98 Å². The van der Waals surface area contributed by atoms with Gasteiger partial charge in [-0.15, -0.1) is 17.9 Å². The van der Waals surface area contributed by atoms with Gasteiger partial charge in [-0.05, 0) is 43.5 Å². The molecular weight excluding hydrogens is 450 g/mol. The summed E-state index contributed by atoms with van der Waals surface area (Å²) in [4.78, 5) is 32.7. The number of rotatable bonds is 7. The Kier molecular flexibility index (Phi) is 6.81. The van der Waals surface area contributed by atoms with Gasteiger partial charge in [0.15, 0.2) is 5.16 Å². The summed E-state index contributed by atoms with van der Waals surface area (Å²) in [5.41, 5.74) is 3.77. The molecule has 0 aliphatic carbocycles. The first-order valence-corrected chi connectivity index (χ1v) is 12.3. The van der Waals surface area contributed by atoms with Gasteiger partial charge in [0.25, 0.3) is 5.56 Å². The highest BCUT2D eigenvalue weighted by atomic mass is 32.2. The van der Waals surface area contributed by atoms with Crippen LogP contribution in [0.25, 0.3) is 20.7 Å². The molecule has 0 saturated heterocycles. The van der Waals surface area contributed by atoms with Crippen LogP contribution in [0.4, 0.5) is 5.69 Å². The molecule has 1 atom stereocenters. The second-order valence-electron chi connectivity index (χ2n) is 7.81. The summed E-state index contributed by atoms with van der Waals surface area (Å²) in [6, 6.07) is 17.8. The smallest absolute Gasteiger partial charge is 0.263 e. The second kappa shape index (κ2) is 9.77. The van der Waals surface area contributed by atoms with E-state index in [0.29, 0.717) is 21.9 Å². The second-order valence-corrected chi connectivity index (χ2v) is 10.1. The number of hydrogen-bond acceptors (Lipinski definition) is 5. The highest BCUT2D eigenvalue weighted by Gasteiger charge is 2.21. The molecule has 0 aliphatic heterocycles. The van der Waals surface area contributed by atoms with Crippen LogP contribution in [0.1, 0.15) is 18.1 Å². The molecule has 0 saturated carbocycles. The van der Waals surface area contributed by atoms with Crippen LogP contribution in [0.5, 0.6) is 0 Å². The molecule has 1 unspecified atom stereocenters. The zero-order valence-corrected chi connectivity index (χ0v) is 20.4. The number of hydrogen-bond donors (Lipinski definition) is 1. The van der Waals surface area contributed by atoms with Gasteiger partial charge < -0.3 is 5.32 Å². The Labute approximate surface area is 201 Å². The van der Waals surface area contributed by atoms with Crippen molar-refractivity contribution < 1.29 is 4.79 Å². The maximum Gasteiger partial charge on any atom is 0.263 e. The minimum atomic E-state index is -0.446. The van der Waals surface area contributed by atoms with Gasteiger partial charge in [0.2, 0.25) is 5.91 Å². The SMILES string of the molecule is C=CCn1c(SC(C)C(=O)Nc2c(C)cccc2C)nc2sc(-c3ccccc3)cc2c1=O. The van der Waals surface area contributed by atoms with Gasteiger partial charge in [0.1, 0.15) is 4.83 Å². The first-order valence-electron chi connectivity index (χ1n) is 10.6. The number of allylic oxidation sites excluding steroid dienone is 1. The summed E-state index contributed by atoms with van der Waals surface area (Å²) in [6.07, 6.45) is 1.67. The highest BCUT2D eigenvalue weighted by molar-refractivity contribution is 8.00. The number of fused-ring (bicyclic) bond motifs is 1. The van der Waals surface area contributed by atoms with E-state index in [1.165, 1.54) is 23.1 Å². The quantitative estimate of drug-likeness (QED) is 0.201. The van der Waals surface area contributed by atoms with Crippen molar-refractivity contribution in [1.29, 1.82) is 0 Å². The number of aryl methyl sites for hydroxylation is 2. The molecule has 1 amide bonds. The van der Waals surface area contributed by atoms with Gasteiger partial charge in [-0.2, -0.15) is 0 Å². The first-order chi connectivity index (χ1) is 15.9. The Hall–Kier alpha value is -3.16. The number of carbonyl (C=O) groups is 1. The lowest BCUT2D eigenvalue weighted by Gasteiger charge is -2.16. The third-order valence-electron chi connectivity index (χ3n) is 5.37. The summed E-state index contributed by atoms with van der Waals surface area (Å²) in [7, 11) is 0. The van der Waals surface area contributed by atoms with Crippen LogP contribution < -0.4 is 10.9 Å². The number of nitrogens with zero attached hydrogens (tertiary/aromatic N) is 2. The number of thioether (sulfide) groups is 1. The van der Waals surface area contributed by atoms with Crippen LogP contribution in [0.3, 0.4) is 0 Å². The van der Waals surface area contributed by atoms with Crippen molar-refractivity contribution in [3.05, 3.63) is 88.7 Å². The molecule has 0 fully saturated rings. The number of benzene rings is 2. The molecule has 0 spiro atoms. The summed E-state index contributed by atoms with van der Waals surface area (Å²) in [5, 5.41) is 3.68. The van der Waals surface area contributed by atoms with Gasteiger partial charge in [-0.1, -0.05) is 66.4 Å². The van der Waals surface area contributed by atoms with E-state index in [1.807, 2.05) is 75.4 Å². The van der Waals surface area contributed by atoms with E-state index in [1.54, 1.807) is 10.6 Å². The van der Waals surface area contributed by atoms with Gasteiger partial charge >= 0.3 is 0 Å². The van der Waals surface area contributed by atoms with E-state index < -0.39 is 5.25 Å². The third kappa shape index (κ3) is 4.79. The van der Waals surface area contributed by atoms with Crippen LogP contribution >= 0.6 is 23.1 Å². The lowest BCUT2D eigenvalue weighted by atomic mass is 10.1. The Morgan fingerprint density at radius 3 is 2.55 bits per heavy atom. The van der Waals surface area contributed by atoms with E-state index >= 15 is 0 Å². The standard InChI is InChI=1S/C26H25N3O2S2/c1-5-14-29-25(31)20-15-21(19-12-7-6-8-13-19)33-24(20)28-26(29)32-18(4)23(30)27-22-16(2)10-9-11-17(22)3/h5-13,15,18H,1,14H2,2-4H3,(H,27,30). The average Bonchev–Trinajstić information content (AvgIpc) is 3.24. The topological polar surface area (TPSA) is 64.0 Å². The molecule has 0 aliphatic rings. The van der Waals surface area contributed by atoms with Crippen molar-refractivity contribution in [2.24, 2.45) is 0 Å². The van der Waals surface area contributed by atoms with E-state index in [0.717, 1.165) is 27.3 Å². The molecule has 168 valence electrons. The summed E-state index contributed by atoms with van der Waals surface area (Å²) < 4.78 is 1.59. The summed E-state index contributed by atoms with van der Waals surface area (Å²) >= 11 is 2.77. The fraction of sp³-hybridized carbons (Fsp3) is 0.192. The third-order valence-corrected chi connectivity index (χ3v) is 7.53. The molecule has 0 radical (unpaired) electrons. The van der Waals surface area contributed by atoms with Crippen molar-refractivity contribution in [2.75, 3.05) is 5.32 Å². The fourth-order valence-corrected chi connectivity index (χ4v) is 5.57. The van der Waals surface area contributed by atoms with Crippen molar-refractivity contribution in [3.8, 4) is 10.4 Å². The van der Waals surface area contributed by atoms with Gasteiger partial charge in [-0.3, -0.25) is 14.2 Å². The van der Waals surface area contributed by atoms with Crippen molar-refractivity contribution in [1.82, 2.24) is 9.55 Å². The molecule has 2 aromatic heterocycles. The van der Waals surface area contributed by atoms with Crippen LogP contribution in [-0.4, -0.2) is 20.7 Å². The Balaban J connectivity index is 1.67. The summed E-state index contributed by atoms with van der Waals surface area (Å²) in [6.45, 7) is 9.88. The molecule has 2 aromatic carbocycles. The predicted molar refractivity (Wildman–Crippen MR) is 139 cm³/mol. The maximum atomic E-state index is 13.3. The molecule has 0 bridgehead atoms. The molecule has 1 N–H and O–H groups in total. The highest BCUT2D eigenvalue weighted by Crippen LogP contribution is 2.33. The maximum absolute atomic E-state index is 13.3. The van der Waals surface area contributed by atoms with E-state index in [2.05, 4.69) is 11.9 Å². The predicted octanol–water partition coefficient (Wildman–Crippen LogP) is 6.05. The number of anilines is 1. The Bertz CT molecular complexity index is 1370. The number of amides is 1. The lowest BCUT2D eigenvalue weighted by Crippen LogP contribution is -2.27. The monoisotopic (exact) mass is 475 g/mol. The molecule has 4 aromatic rings. The zero-order valence-electron chi connectivity index (χ0n) is 18.8. The van der Waals surface area contributed by atoms with E-state index in [-0.39, 0.29) is 11.5 Å². The molecule has 33 heavy (non-hydrogen) atoms. The Morgan fingerprint density at radius 2 is 1.88 bits per heavy atom. The van der Waals surface area contributed by atoms with E-state index in [4.69, 9.17) is 4.98 Å². The number of carbonyl (C=O) groups excluding carboxylic acids is 1. The normalized spacial score (nSPS) is 12.0. The van der Waals surface area contributed by atoms with Crippen molar-refractivity contribution in [2.45, 2.75) is 37.7 Å². The van der Waals surface area contributed by atoms with Crippen LogP contribution in [0.15, 0.2) is 77.2 Å². The minimum absolute atomic E-state index is 0.122. The number of nitrogens with one attached hydrogen (secondary N) is 1. The van der Waals surface area contributed by atoms with Gasteiger partial charge in [0, 0.05) is 17.1 Å². The number of thiophene rings is 1.